The van der Waals surface area contributed by atoms with E-state index in [1.165, 1.54) is 24.8 Å². The van der Waals surface area contributed by atoms with E-state index >= 15 is 0 Å². The Kier molecular flexibility index (Phi) is 3.87. The first-order valence-corrected chi connectivity index (χ1v) is 10.0. The molecule has 2 saturated heterocycles. The van der Waals surface area contributed by atoms with Crippen LogP contribution in [-0.2, 0) is 20.8 Å². The third kappa shape index (κ3) is 2.67. The molecule has 4 aliphatic rings. The molecule has 2 aliphatic heterocycles. The van der Waals surface area contributed by atoms with Gasteiger partial charge in [0.25, 0.3) is 0 Å². The number of hydrogen-bond acceptors (Lipinski definition) is 5. The van der Waals surface area contributed by atoms with Crippen molar-refractivity contribution in [2.75, 3.05) is 13.2 Å². The Labute approximate surface area is 154 Å². The molecule has 1 aromatic rings. The Morgan fingerprint density at radius 2 is 2.12 bits per heavy atom. The summed E-state index contributed by atoms with van der Waals surface area (Å²) in [7, 11) is 0. The van der Waals surface area contributed by atoms with Gasteiger partial charge in [-0.15, -0.1) is 0 Å². The normalized spacial score (nSPS) is 43.7. The summed E-state index contributed by atoms with van der Waals surface area (Å²) in [6.07, 6.45) is 9.49. The van der Waals surface area contributed by atoms with Gasteiger partial charge in [-0.05, 0) is 61.1 Å². The number of epoxide rings is 1. The van der Waals surface area contributed by atoms with Crippen LogP contribution in [0, 0.1) is 23.2 Å². The molecule has 0 amide bonds. The summed E-state index contributed by atoms with van der Waals surface area (Å²) >= 11 is 0. The van der Waals surface area contributed by atoms with Crippen LogP contribution in [0.4, 0.5) is 0 Å². The minimum atomic E-state index is -0.0240. The monoisotopic (exact) mass is 356 g/mol. The molecule has 0 aromatic carbocycles. The lowest BCUT2D eigenvalue weighted by atomic mass is 9.53. The molecule has 0 bridgehead atoms. The lowest BCUT2D eigenvalue weighted by Gasteiger charge is -2.51. The van der Waals surface area contributed by atoms with Crippen molar-refractivity contribution in [3.8, 4) is 0 Å². The van der Waals surface area contributed by atoms with Crippen LogP contribution in [0.1, 0.15) is 44.6 Å². The molecule has 140 valence electrons. The Hall–Kier alpha value is -1.46. The highest BCUT2D eigenvalue weighted by molar-refractivity contribution is 5.75. The number of carbonyl (C=O) groups is 1. The molecule has 4 fully saturated rings. The van der Waals surface area contributed by atoms with Crippen LogP contribution in [0.25, 0.3) is 0 Å². The van der Waals surface area contributed by atoms with Gasteiger partial charge in [0.15, 0.2) is 0 Å². The number of carbonyl (C=O) groups excluding carboxylic acids is 1. The van der Waals surface area contributed by atoms with E-state index in [0.717, 1.165) is 26.0 Å². The van der Waals surface area contributed by atoms with Gasteiger partial charge in [0.1, 0.15) is 6.10 Å². The zero-order valence-electron chi connectivity index (χ0n) is 15.4. The maximum absolute atomic E-state index is 12.6. The van der Waals surface area contributed by atoms with Gasteiger partial charge in [-0.3, -0.25) is 9.78 Å². The van der Waals surface area contributed by atoms with Gasteiger partial charge in [-0.25, -0.2) is 0 Å². The van der Waals surface area contributed by atoms with Gasteiger partial charge >= 0.3 is 5.97 Å². The number of nitrogens with zero attached hydrogens (tertiary/aromatic N) is 1. The summed E-state index contributed by atoms with van der Waals surface area (Å²) < 4.78 is 11.8. The molecule has 3 heterocycles. The first-order chi connectivity index (χ1) is 12.6. The average molecular weight is 356 g/mol. The second kappa shape index (κ2) is 6.03. The Morgan fingerprint density at radius 1 is 1.31 bits per heavy atom. The highest BCUT2D eigenvalue weighted by Gasteiger charge is 2.64. The molecule has 0 radical (unpaired) electrons. The number of fused-ring (bicyclic) bond motifs is 3. The standard InChI is InChI=1S/C21H28N2O3/c1-20-5-2-6-21(13-25-21)18(20)9-15-16(19(24)26-17(15)10-20)12-23-11-14-3-7-22-8-4-14/h3-4,7-8,15-18,23H,2,5-6,9-13H2,1H3/t15-,16-,17+,18+,20+,21-/m0/s1. The lowest BCUT2D eigenvalue weighted by Crippen LogP contribution is -2.51. The second-order valence-electron chi connectivity index (χ2n) is 9.09. The van der Waals surface area contributed by atoms with Crippen LogP contribution in [0.2, 0.25) is 0 Å². The Morgan fingerprint density at radius 3 is 2.88 bits per heavy atom. The SMILES string of the molecule is C[C@]12CCC[C@]3(CO3)[C@@H]1C[C@H]1[C@H](CNCc3ccncc3)C(=O)O[C@@H]1C2. The fourth-order valence-corrected chi connectivity index (χ4v) is 6.06. The lowest BCUT2D eigenvalue weighted by molar-refractivity contribution is -0.147. The highest BCUT2D eigenvalue weighted by atomic mass is 16.6. The number of esters is 1. The van der Waals surface area contributed by atoms with E-state index < -0.39 is 0 Å². The maximum atomic E-state index is 12.6. The van der Waals surface area contributed by atoms with Crippen LogP contribution in [0.5, 0.6) is 0 Å². The fraction of sp³-hybridized carbons (Fsp3) is 0.714. The van der Waals surface area contributed by atoms with Crippen LogP contribution in [-0.4, -0.2) is 35.8 Å². The number of aromatic nitrogens is 1. The Bertz CT molecular complexity index is 690. The molecule has 5 heteroatoms. The molecule has 6 atom stereocenters. The fourth-order valence-electron chi connectivity index (χ4n) is 6.06. The first-order valence-electron chi connectivity index (χ1n) is 10.0. The smallest absolute Gasteiger partial charge is 0.310 e. The maximum Gasteiger partial charge on any atom is 0.310 e. The zero-order chi connectivity index (χ0) is 17.8. The van der Waals surface area contributed by atoms with E-state index in [1.807, 2.05) is 12.1 Å². The van der Waals surface area contributed by atoms with Crippen molar-refractivity contribution in [3.05, 3.63) is 30.1 Å². The van der Waals surface area contributed by atoms with Gasteiger partial charge in [0, 0.05) is 31.4 Å². The van der Waals surface area contributed by atoms with Gasteiger partial charge in [-0.2, -0.15) is 0 Å². The molecule has 26 heavy (non-hydrogen) atoms. The number of hydrogen-bond donors (Lipinski definition) is 1. The summed E-state index contributed by atoms with van der Waals surface area (Å²) in [5.74, 6) is 0.895. The summed E-state index contributed by atoms with van der Waals surface area (Å²) in [6.45, 7) is 4.78. The minimum Gasteiger partial charge on any atom is -0.462 e. The van der Waals surface area contributed by atoms with Crippen molar-refractivity contribution < 1.29 is 14.3 Å². The van der Waals surface area contributed by atoms with E-state index in [0.29, 0.717) is 18.4 Å². The van der Waals surface area contributed by atoms with Gasteiger partial charge in [0.05, 0.1) is 18.1 Å². The van der Waals surface area contributed by atoms with Gasteiger partial charge in [-0.1, -0.05) is 6.92 Å². The number of nitrogens with one attached hydrogen (secondary N) is 1. The number of pyridine rings is 1. The van der Waals surface area contributed by atoms with E-state index in [2.05, 4.69) is 17.2 Å². The molecule has 5 rings (SSSR count). The number of rotatable bonds is 4. The van der Waals surface area contributed by atoms with Crippen LogP contribution in [0.3, 0.4) is 0 Å². The van der Waals surface area contributed by atoms with Crippen LogP contribution < -0.4 is 5.32 Å². The van der Waals surface area contributed by atoms with Crippen molar-refractivity contribution in [1.82, 2.24) is 10.3 Å². The van der Waals surface area contributed by atoms with Crippen molar-refractivity contribution in [3.63, 3.8) is 0 Å². The molecule has 5 nitrogen and oxygen atoms in total. The van der Waals surface area contributed by atoms with E-state index in [1.54, 1.807) is 12.4 Å². The van der Waals surface area contributed by atoms with Crippen molar-refractivity contribution in [1.29, 1.82) is 0 Å². The molecule has 2 aliphatic carbocycles. The van der Waals surface area contributed by atoms with Crippen molar-refractivity contribution in [2.45, 2.75) is 57.3 Å². The van der Waals surface area contributed by atoms with Gasteiger partial charge in [0.2, 0.25) is 0 Å². The quantitative estimate of drug-likeness (QED) is 0.664. The summed E-state index contributed by atoms with van der Waals surface area (Å²) in [6, 6.07) is 4.01. The molecule has 1 spiro atoms. The molecular formula is C21H28N2O3. The summed E-state index contributed by atoms with van der Waals surface area (Å²) in [5.41, 5.74) is 1.59. The molecule has 2 saturated carbocycles. The minimum absolute atomic E-state index is 0.00441. The summed E-state index contributed by atoms with van der Waals surface area (Å²) in [5, 5.41) is 3.47. The molecule has 0 unspecified atom stereocenters. The van der Waals surface area contributed by atoms with E-state index in [-0.39, 0.29) is 29.0 Å². The second-order valence-corrected chi connectivity index (χ2v) is 9.09. The van der Waals surface area contributed by atoms with Crippen LogP contribution >= 0.6 is 0 Å². The van der Waals surface area contributed by atoms with Crippen LogP contribution in [0.15, 0.2) is 24.5 Å². The predicted molar refractivity (Wildman–Crippen MR) is 96.2 cm³/mol. The van der Waals surface area contributed by atoms with E-state index in [9.17, 15) is 4.79 Å². The third-order valence-electron chi connectivity index (χ3n) is 7.52. The molecular weight excluding hydrogens is 328 g/mol. The predicted octanol–water partition coefficient (Wildman–Crippen LogP) is 2.70. The van der Waals surface area contributed by atoms with Crippen molar-refractivity contribution in [2.24, 2.45) is 23.2 Å². The van der Waals surface area contributed by atoms with Gasteiger partial charge < -0.3 is 14.8 Å². The average Bonchev–Trinajstić information content (AvgIpc) is 3.33. The topological polar surface area (TPSA) is 63.8 Å². The number of ether oxygens (including phenoxy) is 2. The highest BCUT2D eigenvalue weighted by Crippen LogP contribution is 2.62. The zero-order valence-corrected chi connectivity index (χ0v) is 15.4. The van der Waals surface area contributed by atoms with E-state index in [4.69, 9.17) is 9.47 Å². The molecule has 1 aromatic heterocycles. The summed E-state index contributed by atoms with van der Waals surface area (Å²) in [4.78, 5) is 16.6. The first kappa shape index (κ1) is 16.7. The Balaban J connectivity index is 1.28. The third-order valence-corrected chi connectivity index (χ3v) is 7.52. The largest absolute Gasteiger partial charge is 0.462 e. The van der Waals surface area contributed by atoms with Crippen molar-refractivity contribution >= 4 is 5.97 Å². The molecule has 1 N–H and O–H groups in total.